The molecule has 0 amide bonds. The average Bonchev–Trinajstić information content (AvgIpc) is 2.59. The highest BCUT2D eigenvalue weighted by atomic mass is 32.1. The topological polar surface area (TPSA) is 12.0 Å². The monoisotopic (exact) mass is 253 g/mol. The van der Waals surface area contributed by atoms with Crippen LogP contribution in [-0.4, -0.2) is 14.6 Å². The van der Waals surface area contributed by atoms with Gasteiger partial charge in [-0.2, -0.15) is 0 Å². The van der Waals surface area contributed by atoms with Gasteiger partial charge in [-0.05, 0) is 27.6 Å². The predicted octanol–water partition coefficient (Wildman–Crippen LogP) is 3.11. The van der Waals surface area contributed by atoms with Crippen molar-refractivity contribution in [3.8, 4) is 0 Å². The summed E-state index contributed by atoms with van der Waals surface area (Å²) in [6, 6.07) is 2.49. The van der Waals surface area contributed by atoms with E-state index in [1.54, 1.807) is 14.9 Å². The maximum Gasteiger partial charge on any atom is 0.0987 e. The molecule has 0 fully saturated rings. The molecule has 0 saturated heterocycles. The molecule has 3 heteroatoms. The summed E-state index contributed by atoms with van der Waals surface area (Å²) in [5, 5.41) is 3.92. The zero-order chi connectivity index (χ0) is 12.0. The molecule has 0 unspecified atom stereocenters. The lowest BCUT2D eigenvalue weighted by atomic mass is 10.1. The Kier molecular flexibility index (Phi) is 3.06. The minimum absolute atomic E-state index is 0.452. The largest absolute Gasteiger partial charge is 0.312 e. The second-order valence-corrected chi connectivity index (χ2v) is 13.1. The Labute approximate surface area is 104 Å². The average molecular weight is 253 g/mol. The Hall–Kier alpha value is -0.123. The molecule has 0 saturated carbocycles. The van der Waals surface area contributed by atoms with Gasteiger partial charge in [0.2, 0.25) is 0 Å². The molecule has 0 aliphatic carbocycles. The lowest BCUT2D eigenvalue weighted by Crippen LogP contribution is -2.47. The fourth-order valence-electron chi connectivity index (χ4n) is 1.93. The first-order chi connectivity index (χ1) is 7.32. The van der Waals surface area contributed by atoms with Gasteiger partial charge in [-0.3, -0.25) is 0 Å². The van der Waals surface area contributed by atoms with Gasteiger partial charge >= 0.3 is 0 Å². The summed E-state index contributed by atoms with van der Waals surface area (Å²) < 4.78 is 1.69. The quantitative estimate of drug-likeness (QED) is 0.758. The van der Waals surface area contributed by atoms with Crippen LogP contribution in [0.25, 0.3) is 0 Å². The zero-order valence-corrected chi connectivity index (χ0v) is 12.9. The third-order valence-electron chi connectivity index (χ3n) is 4.23. The Morgan fingerprint density at radius 3 is 2.56 bits per heavy atom. The maximum absolute atomic E-state index is 3.47. The van der Waals surface area contributed by atoms with Gasteiger partial charge in [0.05, 0.1) is 8.07 Å². The molecule has 16 heavy (non-hydrogen) atoms. The molecule has 0 aromatic carbocycles. The number of rotatable bonds is 1. The molecule has 0 atom stereocenters. The molecule has 0 bridgehead atoms. The van der Waals surface area contributed by atoms with Gasteiger partial charge in [0.1, 0.15) is 0 Å². The van der Waals surface area contributed by atoms with Gasteiger partial charge in [-0.15, -0.1) is 11.3 Å². The van der Waals surface area contributed by atoms with Gasteiger partial charge in [-0.25, -0.2) is 0 Å². The molecule has 0 spiro atoms. The van der Waals surface area contributed by atoms with Crippen LogP contribution in [0.5, 0.6) is 0 Å². The molecule has 2 heterocycles. The van der Waals surface area contributed by atoms with Gasteiger partial charge in [0.15, 0.2) is 0 Å². The SMILES string of the molecule is CC(C)(C)[Si](C)(C)c1cc2c(s1)CCNC2. The molecule has 0 radical (unpaired) electrons. The van der Waals surface area contributed by atoms with E-state index in [1.165, 1.54) is 6.42 Å². The van der Waals surface area contributed by atoms with E-state index in [0.29, 0.717) is 5.04 Å². The van der Waals surface area contributed by atoms with Crippen LogP contribution in [0.15, 0.2) is 6.07 Å². The molecule has 1 N–H and O–H groups in total. The first-order valence-corrected chi connectivity index (χ1v) is 9.97. The first kappa shape index (κ1) is 12.3. The van der Waals surface area contributed by atoms with E-state index in [2.05, 4.69) is 56.6 Å². The second-order valence-electron chi connectivity index (χ2n) is 6.36. The standard InChI is InChI=1S/C13H23NSSi/c1-13(2,3)16(4,5)12-8-10-9-14-7-6-11(10)15-12/h8,14H,6-7,9H2,1-5H3. The number of hydrogen-bond donors (Lipinski definition) is 1. The van der Waals surface area contributed by atoms with Crippen LogP contribution >= 0.6 is 11.3 Å². The molecule has 1 nitrogen and oxygen atoms in total. The van der Waals surface area contributed by atoms with Crippen LogP contribution in [0.4, 0.5) is 0 Å². The lowest BCUT2D eigenvalue weighted by Gasteiger charge is -2.36. The number of hydrogen-bond acceptors (Lipinski definition) is 2. The Bertz CT molecular complexity index is 364. The van der Waals surface area contributed by atoms with E-state index in [-0.39, 0.29) is 0 Å². The number of thiophene rings is 1. The summed E-state index contributed by atoms with van der Waals surface area (Å²) in [6.07, 6.45) is 1.23. The lowest BCUT2D eigenvalue weighted by molar-refractivity contribution is 0.653. The Morgan fingerprint density at radius 1 is 1.31 bits per heavy atom. The van der Waals surface area contributed by atoms with Crippen LogP contribution in [-0.2, 0) is 13.0 Å². The summed E-state index contributed by atoms with van der Waals surface area (Å²) >= 11 is 2.09. The van der Waals surface area contributed by atoms with E-state index in [9.17, 15) is 0 Å². The van der Waals surface area contributed by atoms with E-state index in [1.807, 2.05) is 0 Å². The van der Waals surface area contributed by atoms with Crippen LogP contribution < -0.4 is 9.82 Å². The minimum Gasteiger partial charge on any atom is -0.312 e. The Balaban J connectivity index is 2.38. The third-order valence-corrected chi connectivity index (χ3v) is 12.2. The highest BCUT2D eigenvalue weighted by Gasteiger charge is 2.38. The summed E-state index contributed by atoms with van der Waals surface area (Å²) in [5.74, 6) is 0. The summed E-state index contributed by atoms with van der Waals surface area (Å²) in [7, 11) is -1.31. The highest BCUT2D eigenvalue weighted by Crippen LogP contribution is 2.37. The van der Waals surface area contributed by atoms with Crippen molar-refractivity contribution in [1.29, 1.82) is 0 Å². The minimum atomic E-state index is -1.31. The molecular formula is C13H23NSSi. The van der Waals surface area contributed by atoms with E-state index >= 15 is 0 Å². The van der Waals surface area contributed by atoms with Crippen molar-refractivity contribution in [3.63, 3.8) is 0 Å². The fraction of sp³-hybridized carbons (Fsp3) is 0.692. The predicted molar refractivity (Wildman–Crippen MR) is 76.6 cm³/mol. The van der Waals surface area contributed by atoms with Crippen molar-refractivity contribution < 1.29 is 0 Å². The summed E-state index contributed by atoms with van der Waals surface area (Å²) in [4.78, 5) is 1.64. The molecule has 90 valence electrons. The van der Waals surface area contributed by atoms with Gasteiger partial charge in [0, 0.05) is 18.0 Å². The molecule has 1 aromatic heterocycles. The summed E-state index contributed by atoms with van der Waals surface area (Å²) in [5.41, 5.74) is 1.57. The maximum atomic E-state index is 3.47. The van der Waals surface area contributed by atoms with Crippen molar-refractivity contribution in [2.75, 3.05) is 6.54 Å². The van der Waals surface area contributed by atoms with Crippen LogP contribution in [0.1, 0.15) is 31.2 Å². The molecule has 1 aliphatic rings. The molecule has 1 aromatic rings. The van der Waals surface area contributed by atoms with Crippen LogP contribution in [0.3, 0.4) is 0 Å². The van der Waals surface area contributed by atoms with Crippen LogP contribution in [0, 0.1) is 0 Å². The van der Waals surface area contributed by atoms with Gasteiger partial charge in [0.25, 0.3) is 0 Å². The van der Waals surface area contributed by atoms with Crippen molar-refractivity contribution in [2.45, 2.75) is 51.9 Å². The number of fused-ring (bicyclic) bond motifs is 1. The first-order valence-electron chi connectivity index (χ1n) is 6.15. The van der Waals surface area contributed by atoms with Crippen LogP contribution in [0.2, 0.25) is 18.1 Å². The fourth-order valence-corrected chi connectivity index (χ4v) is 6.45. The van der Waals surface area contributed by atoms with Crippen molar-refractivity contribution in [2.24, 2.45) is 0 Å². The van der Waals surface area contributed by atoms with Crippen molar-refractivity contribution in [3.05, 3.63) is 16.5 Å². The molecular weight excluding hydrogens is 230 g/mol. The van der Waals surface area contributed by atoms with E-state index < -0.39 is 8.07 Å². The second kappa shape index (κ2) is 3.97. The zero-order valence-electron chi connectivity index (χ0n) is 11.1. The number of nitrogens with one attached hydrogen (secondary N) is 1. The highest BCUT2D eigenvalue weighted by molar-refractivity contribution is 7.27. The van der Waals surface area contributed by atoms with Gasteiger partial charge in [-0.1, -0.05) is 33.9 Å². The normalized spacial score (nSPS) is 17.3. The summed E-state index contributed by atoms with van der Waals surface area (Å²) in [6.45, 7) is 14.5. The van der Waals surface area contributed by atoms with Crippen molar-refractivity contribution >= 4 is 23.9 Å². The molecule has 2 rings (SSSR count). The van der Waals surface area contributed by atoms with Gasteiger partial charge < -0.3 is 5.32 Å². The Morgan fingerprint density at radius 2 is 2.00 bits per heavy atom. The third kappa shape index (κ3) is 2.00. The van der Waals surface area contributed by atoms with E-state index in [0.717, 1.165) is 13.1 Å². The van der Waals surface area contributed by atoms with E-state index in [4.69, 9.17) is 0 Å². The smallest absolute Gasteiger partial charge is 0.0987 e. The van der Waals surface area contributed by atoms with Crippen molar-refractivity contribution in [1.82, 2.24) is 5.32 Å². The molecule has 1 aliphatic heterocycles.